The third kappa shape index (κ3) is 2.12. The maximum Gasteiger partial charge on any atom is 0.241 e. The van der Waals surface area contributed by atoms with Crippen molar-refractivity contribution < 1.29 is 8.42 Å². The molecule has 4 aliphatic rings. The van der Waals surface area contributed by atoms with Gasteiger partial charge in [-0.3, -0.25) is 0 Å². The highest BCUT2D eigenvalue weighted by atomic mass is 32.2. The Morgan fingerprint density at radius 3 is 0.829 bits per heavy atom. The summed E-state index contributed by atoms with van der Waals surface area (Å²) in [5, 5.41) is 83.6. The zero-order valence-corrected chi connectivity index (χ0v) is 44.3. The van der Waals surface area contributed by atoms with Crippen molar-refractivity contribution in [2.24, 2.45) is 0 Å². The van der Waals surface area contributed by atoms with Crippen LogP contribution in [0.3, 0.4) is 0 Å². The van der Waals surface area contributed by atoms with Crippen LogP contribution in [0.4, 0.5) is 0 Å². The average Bonchev–Trinajstić information content (AvgIpc) is 1.39. The summed E-state index contributed by atoms with van der Waals surface area (Å²) < 4.78 is 36.5. The molecule has 0 saturated heterocycles. The van der Waals surface area contributed by atoms with Gasteiger partial charge in [0.05, 0.1) is 16.4 Å². The van der Waals surface area contributed by atoms with Crippen LogP contribution in [0.5, 0.6) is 0 Å². The standard InChI is InChI=1S/C78H23NO2S/c1-13-5-11-16(12-6-13)82(80,81)79-76(14-7-9-15(10-8-14)77(2,3)4)78-73-69-63-49-41-33-21-18-17-19-22(21)34-36-32-26(19)28-24-20(17)23-27-25(18)31-35(33)47(49)55-53-39(31)37(27)45-43-29(23)30(24)44-46-38(28)40(32)54-56-48(36)50(42(34)41)64(63)70(73)66(56)68-60(54)58(46)62-52(44)51(43)61-57(45)59(53)67(65(55)69)74(78)71(61)72(62)75(68)78/h5-12,73,76,79H,1-4H3. The summed E-state index contributed by atoms with van der Waals surface area (Å²) in [4.78, 5) is 0.332. The topological polar surface area (TPSA) is 46.2 Å². The predicted octanol–water partition coefficient (Wildman–Crippen LogP) is 20.5. The maximum atomic E-state index is 16.3. The number of hydrogen-bond donors (Lipinski definition) is 1. The molecule has 3 nitrogen and oxygen atoms in total. The van der Waals surface area contributed by atoms with Crippen molar-refractivity contribution in [3.8, 4) is 0 Å². The highest BCUT2D eigenvalue weighted by Gasteiger charge is 2.66. The van der Waals surface area contributed by atoms with Crippen LogP contribution in [-0.2, 0) is 20.9 Å². The molecule has 30 aromatic carbocycles. The number of benzene rings is 20. The molecule has 30 aromatic rings. The first-order chi connectivity index (χ1) is 40.2. The molecule has 0 amide bonds. The van der Waals surface area contributed by atoms with Crippen molar-refractivity contribution in [3.05, 3.63) is 87.5 Å². The first-order valence-electron chi connectivity index (χ1n) is 30.1. The summed E-state index contributed by atoms with van der Waals surface area (Å²) in [6, 6.07) is 16.4. The molecule has 0 saturated carbocycles. The monoisotopic (exact) mass is 1040 g/mol. The molecule has 358 valence electrons. The first-order valence-corrected chi connectivity index (χ1v) is 31.6. The average molecular weight is 1040 g/mol. The minimum absolute atomic E-state index is 0.0889. The fourth-order valence-corrected chi connectivity index (χ4v) is 27.5. The maximum absolute atomic E-state index is 16.3. The van der Waals surface area contributed by atoms with Crippen molar-refractivity contribution in [2.75, 3.05) is 0 Å². The molecule has 4 aliphatic carbocycles. The van der Waals surface area contributed by atoms with Crippen LogP contribution in [0.1, 0.15) is 71.7 Å². The molecule has 82 heavy (non-hydrogen) atoms. The minimum atomic E-state index is -4.14. The van der Waals surface area contributed by atoms with Crippen LogP contribution >= 0.6 is 0 Å². The molecular formula is C78H23NO2S. The van der Waals surface area contributed by atoms with Crippen LogP contribution in [0.2, 0.25) is 0 Å². The molecule has 0 aromatic heterocycles. The summed E-state index contributed by atoms with van der Waals surface area (Å²) in [5.74, 6) is -0.133. The molecule has 4 heteroatoms. The Hall–Kier alpha value is -9.19. The first kappa shape index (κ1) is 34.2. The Balaban J connectivity index is 1.01. The van der Waals surface area contributed by atoms with Crippen LogP contribution in [-0.4, -0.2) is 8.42 Å². The van der Waals surface area contributed by atoms with Gasteiger partial charge in [-0.25, -0.2) is 13.1 Å². The Kier molecular flexibility index (Phi) is 3.41. The van der Waals surface area contributed by atoms with Crippen LogP contribution < -0.4 is 4.72 Å². The van der Waals surface area contributed by atoms with Crippen molar-refractivity contribution in [1.29, 1.82) is 0 Å². The van der Waals surface area contributed by atoms with E-state index in [-0.39, 0.29) is 11.3 Å². The quantitative estimate of drug-likeness (QED) is 0.175. The lowest BCUT2D eigenvalue weighted by molar-refractivity contribution is 0.363. The van der Waals surface area contributed by atoms with Gasteiger partial charge in [0.2, 0.25) is 10.0 Å². The molecule has 0 heterocycles. The van der Waals surface area contributed by atoms with Gasteiger partial charge in [0, 0.05) is 5.92 Å². The van der Waals surface area contributed by atoms with Gasteiger partial charge >= 0.3 is 0 Å². The Bertz CT molecular complexity index is 7940. The van der Waals surface area contributed by atoms with Crippen molar-refractivity contribution in [1.82, 2.24) is 4.72 Å². The van der Waals surface area contributed by atoms with Crippen LogP contribution in [0.25, 0.3) is 291 Å². The van der Waals surface area contributed by atoms with E-state index in [1.807, 2.05) is 24.3 Å². The highest BCUT2D eigenvalue weighted by molar-refractivity contribution is 7.89. The second-order valence-corrected chi connectivity index (χ2v) is 31.6. The highest BCUT2D eigenvalue weighted by Crippen LogP contribution is 2.84. The molecule has 1 atom stereocenters. The molecule has 34 rings (SSSR count). The summed E-state index contributed by atoms with van der Waals surface area (Å²) in [7, 11) is -4.14. The van der Waals surface area contributed by atoms with Crippen LogP contribution in [0.15, 0.2) is 53.4 Å². The number of aryl methyl sites for hydroxylation is 1. The number of hydrogen-bond acceptors (Lipinski definition) is 2. The van der Waals surface area contributed by atoms with Crippen molar-refractivity contribution in [3.63, 3.8) is 0 Å². The fourth-order valence-electron chi connectivity index (χ4n) is 26.2. The van der Waals surface area contributed by atoms with E-state index in [9.17, 15) is 0 Å². The lowest BCUT2D eigenvalue weighted by atomic mass is 9.53. The molecule has 1 N–H and O–H groups in total. The number of rotatable bonds is 5. The molecule has 0 bridgehead atoms. The second-order valence-electron chi connectivity index (χ2n) is 29.9. The van der Waals surface area contributed by atoms with Crippen molar-refractivity contribution in [2.45, 2.75) is 55.4 Å². The van der Waals surface area contributed by atoms with Gasteiger partial charge in [-0.2, -0.15) is 0 Å². The Morgan fingerprint density at radius 1 is 0.329 bits per heavy atom. The van der Waals surface area contributed by atoms with E-state index < -0.39 is 21.5 Å². The van der Waals surface area contributed by atoms with Gasteiger partial charge in [0.25, 0.3) is 0 Å². The van der Waals surface area contributed by atoms with E-state index in [1.54, 1.807) is 194 Å². The van der Waals surface area contributed by atoms with Gasteiger partial charge in [0.15, 0.2) is 0 Å². The van der Waals surface area contributed by atoms with Gasteiger partial charge in [-0.15, -0.1) is 0 Å². The Morgan fingerprint density at radius 2 is 0.561 bits per heavy atom. The van der Waals surface area contributed by atoms with E-state index in [2.05, 4.69) is 56.7 Å². The van der Waals surface area contributed by atoms with E-state index in [4.69, 9.17) is 0 Å². The van der Waals surface area contributed by atoms with Gasteiger partial charge in [-0.05, 0) is 349 Å². The van der Waals surface area contributed by atoms with E-state index >= 15 is 8.42 Å². The van der Waals surface area contributed by atoms with Gasteiger partial charge < -0.3 is 0 Å². The van der Waals surface area contributed by atoms with Crippen LogP contribution in [0, 0.1) is 6.92 Å². The number of sulfonamides is 1. The smallest absolute Gasteiger partial charge is 0.207 e. The lowest BCUT2D eigenvalue weighted by Gasteiger charge is -2.50. The minimum Gasteiger partial charge on any atom is -0.207 e. The number of nitrogens with one attached hydrogen (secondary N) is 1. The molecule has 0 spiro atoms. The normalized spacial score (nSPS) is 20.2. The summed E-state index contributed by atoms with van der Waals surface area (Å²) in [6.07, 6.45) is 0. The molecule has 0 aliphatic heterocycles. The zero-order chi connectivity index (χ0) is 50.8. The Labute approximate surface area is 454 Å². The third-order valence-electron chi connectivity index (χ3n) is 27.4. The fraction of sp³-hybridized carbons (Fsp3) is 0.103. The molecule has 0 fully saturated rings. The molecule has 0 radical (unpaired) electrons. The molecular weight excluding hydrogens is 1010 g/mol. The lowest BCUT2D eigenvalue weighted by Crippen LogP contribution is -2.49. The molecule has 1 unspecified atom stereocenters. The summed E-state index contributed by atoms with van der Waals surface area (Å²) in [6.45, 7) is 8.97. The van der Waals surface area contributed by atoms with Gasteiger partial charge in [0.1, 0.15) is 0 Å². The second kappa shape index (κ2) is 8.18. The zero-order valence-electron chi connectivity index (χ0n) is 43.5. The summed E-state index contributed by atoms with van der Waals surface area (Å²) >= 11 is 0. The van der Waals surface area contributed by atoms with Gasteiger partial charge in [-0.1, -0.05) is 62.7 Å². The predicted molar refractivity (Wildman–Crippen MR) is 344 cm³/mol. The van der Waals surface area contributed by atoms with E-state index in [0.717, 1.165) is 11.1 Å². The third-order valence-corrected chi connectivity index (χ3v) is 28.8. The van der Waals surface area contributed by atoms with E-state index in [0.29, 0.717) is 4.90 Å². The largest absolute Gasteiger partial charge is 0.241 e. The van der Waals surface area contributed by atoms with E-state index in [1.165, 1.54) is 125 Å². The van der Waals surface area contributed by atoms with Crippen molar-refractivity contribution >= 4 is 301 Å². The summed E-state index contributed by atoms with van der Waals surface area (Å²) in [5.41, 5.74) is 8.38. The SMILES string of the molecule is Cc1ccc(S(=O)(=O)NC(c2ccc(C(C)(C)C)cc2)C23c4c5c6c7c8c9c(c%10c%11c2c2c4c4c%12c5c5c6c6c8c8c%13c9c9c%10c%10c%11c%11c2c2c4c4c%12c%12c5c5c6c8c6c8c%13c9c9c%10c%10c%11c2c2c4c4c%12c5c6c5c8c9c%10c2c45)C73)cc1.